The van der Waals surface area contributed by atoms with E-state index in [1.807, 2.05) is 13.3 Å². The first-order valence-electron chi connectivity index (χ1n) is 4.71. The Morgan fingerprint density at radius 1 is 1.31 bits per heavy atom. The average molecular weight is 175 g/mol. The van der Waals surface area contributed by atoms with Gasteiger partial charge < -0.3 is 0 Å². The molecule has 0 heterocycles. The van der Waals surface area contributed by atoms with Gasteiger partial charge in [0.15, 0.2) is 0 Å². The third-order valence-electron chi connectivity index (χ3n) is 2.44. The smallest absolute Gasteiger partial charge is 0.0284 e. The molecule has 1 heteroatoms. The molecule has 0 amide bonds. The molecule has 0 atom stereocenters. The zero-order valence-electron chi connectivity index (χ0n) is 8.89. The molecule has 0 fully saturated rings. The molecule has 0 N–H and O–H groups in total. The maximum absolute atomic E-state index is 4.06. The van der Waals surface area contributed by atoms with Gasteiger partial charge in [-0.2, -0.15) is 0 Å². The molecule has 1 nitrogen and oxygen atoms in total. The van der Waals surface area contributed by atoms with Crippen molar-refractivity contribution in [2.45, 2.75) is 27.2 Å². The first kappa shape index (κ1) is 9.97. The molecule has 0 radical (unpaired) electrons. The summed E-state index contributed by atoms with van der Waals surface area (Å²) in [6.45, 7) is 6.48. The van der Waals surface area contributed by atoms with Crippen LogP contribution in [-0.2, 0) is 6.42 Å². The molecule has 0 bridgehead atoms. The van der Waals surface area contributed by atoms with Crippen molar-refractivity contribution in [3.05, 3.63) is 34.4 Å². The fourth-order valence-electron chi connectivity index (χ4n) is 1.44. The fourth-order valence-corrected chi connectivity index (χ4v) is 1.44. The Kier molecular flexibility index (Phi) is 3.24. The van der Waals surface area contributed by atoms with E-state index in [2.05, 4.69) is 37.9 Å². The van der Waals surface area contributed by atoms with Gasteiger partial charge in [0, 0.05) is 13.3 Å². The topological polar surface area (TPSA) is 12.4 Å². The van der Waals surface area contributed by atoms with E-state index >= 15 is 0 Å². The Morgan fingerprint density at radius 2 is 2.00 bits per heavy atom. The van der Waals surface area contributed by atoms with E-state index in [-0.39, 0.29) is 0 Å². The Bertz CT molecular complexity index is 324. The Hall–Kier alpha value is -1.11. The number of aryl methyl sites for hydroxylation is 2. The van der Waals surface area contributed by atoms with Gasteiger partial charge in [-0.1, -0.05) is 13.0 Å². The zero-order chi connectivity index (χ0) is 9.84. The second-order valence-electron chi connectivity index (χ2n) is 3.37. The molecule has 0 saturated heterocycles. The minimum Gasteiger partial charge on any atom is -0.296 e. The molecule has 0 aliphatic carbocycles. The predicted octanol–water partition coefficient (Wildman–Crippen LogP) is 2.91. The lowest BCUT2D eigenvalue weighted by Gasteiger charge is -2.07. The summed E-state index contributed by atoms with van der Waals surface area (Å²) >= 11 is 0. The summed E-state index contributed by atoms with van der Waals surface area (Å²) in [5.41, 5.74) is 5.33. The number of benzene rings is 1. The largest absolute Gasteiger partial charge is 0.296 e. The molecule has 70 valence electrons. The number of aliphatic imine (C=N–C) groups is 1. The lowest BCUT2D eigenvalue weighted by Crippen LogP contribution is -1.94. The highest BCUT2D eigenvalue weighted by atomic mass is 14.6. The Balaban J connectivity index is 3.24. The van der Waals surface area contributed by atoms with Gasteiger partial charge in [0.1, 0.15) is 0 Å². The van der Waals surface area contributed by atoms with E-state index in [9.17, 15) is 0 Å². The predicted molar refractivity (Wildman–Crippen MR) is 58.8 cm³/mol. The van der Waals surface area contributed by atoms with Crippen LogP contribution in [-0.4, -0.2) is 13.3 Å². The number of nitrogens with zero attached hydrogens (tertiary/aromatic N) is 1. The lowest BCUT2D eigenvalue weighted by atomic mass is 9.99. The van der Waals surface area contributed by atoms with Crippen molar-refractivity contribution < 1.29 is 0 Å². The van der Waals surface area contributed by atoms with Gasteiger partial charge in [-0.05, 0) is 48.6 Å². The van der Waals surface area contributed by atoms with Crippen LogP contribution in [0.15, 0.2) is 17.1 Å². The van der Waals surface area contributed by atoms with Gasteiger partial charge in [-0.25, -0.2) is 0 Å². The second kappa shape index (κ2) is 4.22. The van der Waals surface area contributed by atoms with Gasteiger partial charge in [0.05, 0.1) is 0 Å². The summed E-state index contributed by atoms with van der Waals surface area (Å²) in [4.78, 5) is 4.06. The van der Waals surface area contributed by atoms with Gasteiger partial charge in [-0.15, -0.1) is 0 Å². The normalized spacial score (nSPS) is 11.1. The number of hydrogen-bond donors (Lipinski definition) is 0. The standard InChI is InChI=1S/C12H17N/c1-5-11-6-9(2)10(3)12(7-11)8-13-4/h6-8H,5H2,1-4H3. The lowest BCUT2D eigenvalue weighted by molar-refractivity contribution is 1.12. The molecule has 0 aliphatic rings. The summed E-state index contributed by atoms with van der Waals surface area (Å²) in [7, 11) is 1.81. The van der Waals surface area contributed by atoms with Gasteiger partial charge in [0.25, 0.3) is 0 Å². The van der Waals surface area contributed by atoms with E-state index in [0.29, 0.717) is 0 Å². The molecule has 13 heavy (non-hydrogen) atoms. The van der Waals surface area contributed by atoms with Crippen molar-refractivity contribution in [2.24, 2.45) is 4.99 Å². The van der Waals surface area contributed by atoms with E-state index in [1.165, 1.54) is 22.3 Å². The van der Waals surface area contributed by atoms with Gasteiger partial charge in [0.2, 0.25) is 0 Å². The molecular weight excluding hydrogens is 158 g/mol. The molecule has 1 aromatic rings. The van der Waals surface area contributed by atoms with Crippen LogP contribution in [0.4, 0.5) is 0 Å². The summed E-state index contributed by atoms with van der Waals surface area (Å²) in [6.07, 6.45) is 3.02. The maximum Gasteiger partial charge on any atom is 0.0284 e. The van der Waals surface area contributed by atoms with Crippen LogP contribution in [0.2, 0.25) is 0 Å². The molecule has 1 aromatic carbocycles. The maximum atomic E-state index is 4.06. The molecule has 0 aromatic heterocycles. The van der Waals surface area contributed by atoms with E-state index < -0.39 is 0 Å². The van der Waals surface area contributed by atoms with Crippen molar-refractivity contribution in [1.29, 1.82) is 0 Å². The minimum atomic E-state index is 1.09. The summed E-state index contributed by atoms with van der Waals surface area (Å²) < 4.78 is 0. The van der Waals surface area contributed by atoms with Crippen LogP contribution in [0.3, 0.4) is 0 Å². The van der Waals surface area contributed by atoms with Crippen LogP contribution < -0.4 is 0 Å². The quantitative estimate of drug-likeness (QED) is 0.613. The fraction of sp³-hybridized carbons (Fsp3) is 0.417. The first-order valence-corrected chi connectivity index (χ1v) is 4.71. The highest BCUT2D eigenvalue weighted by Gasteiger charge is 2.00. The van der Waals surface area contributed by atoms with Gasteiger partial charge in [-0.3, -0.25) is 4.99 Å². The van der Waals surface area contributed by atoms with Crippen molar-refractivity contribution in [1.82, 2.24) is 0 Å². The van der Waals surface area contributed by atoms with Crippen LogP contribution in [0.25, 0.3) is 0 Å². The Morgan fingerprint density at radius 3 is 2.54 bits per heavy atom. The van der Waals surface area contributed by atoms with Crippen molar-refractivity contribution in [3.63, 3.8) is 0 Å². The van der Waals surface area contributed by atoms with Crippen LogP contribution in [0.5, 0.6) is 0 Å². The zero-order valence-corrected chi connectivity index (χ0v) is 8.89. The average Bonchev–Trinajstić information content (AvgIpc) is 2.13. The highest BCUT2D eigenvalue weighted by molar-refractivity contribution is 5.82. The Labute approximate surface area is 80.5 Å². The third kappa shape index (κ3) is 2.18. The van der Waals surface area contributed by atoms with Crippen LogP contribution in [0, 0.1) is 13.8 Å². The van der Waals surface area contributed by atoms with Crippen LogP contribution in [0.1, 0.15) is 29.2 Å². The molecular formula is C12H17N. The van der Waals surface area contributed by atoms with Crippen LogP contribution >= 0.6 is 0 Å². The van der Waals surface area contributed by atoms with E-state index in [1.54, 1.807) is 0 Å². The SMILES string of the molecule is CCc1cc(C)c(C)c(C=NC)c1. The summed E-state index contributed by atoms with van der Waals surface area (Å²) in [6, 6.07) is 4.47. The third-order valence-corrected chi connectivity index (χ3v) is 2.44. The molecule has 0 unspecified atom stereocenters. The number of hydrogen-bond acceptors (Lipinski definition) is 1. The summed E-state index contributed by atoms with van der Waals surface area (Å²) in [5.74, 6) is 0. The van der Waals surface area contributed by atoms with Crippen molar-refractivity contribution in [2.75, 3.05) is 7.05 Å². The molecule has 0 spiro atoms. The summed E-state index contributed by atoms with van der Waals surface area (Å²) in [5, 5.41) is 0. The van der Waals surface area contributed by atoms with E-state index in [0.717, 1.165) is 6.42 Å². The highest BCUT2D eigenvalue weighted by Crippen LogP contribution is 2.15. The molecule has 0 aliphatic heterocycles. The van der Waals surface area contributed by atoms with E-state index in [4.69, 9.17) is 0 Å². The van der Waals surface area contributed by atoms with Crippen molar-refractivity contribution >= 4 is 6.21 Å². The second-order valence-corrected chi connectivity index (χ2v) is 3.37. The number of rotatable bonds is 2. The monoisotopic (exact) mass is 175 g/mol. The van der Waals surface area contributed by atoms with Gasteiger partial charge >= 0.3 is 0 Å². The molecule has 0 saturated carbocycles. The minimum absolute atomic E-state index is 1.09. The first-order chi connectivity index (χ1) is 6.19. The van der Waals surface area contributed by atoms with Crippen molar-refractivity contribution in [3.8, 4) is 0 Å². The molecule has 1 rings (SSSR count).